The molecule has 0 saturated carbocycles. The predicted molar refractivity (Wildman–Crippen MR) is 46.0 cm³/mol. The van der Waals surface area contributed by atoms with Crippen LogP contribution in [0.2, 0.25) is 0 Å². The van der Waals surface area contributed by atoms with Crippen molar-refractivity contribution in [3.05, 3.63) is 0 Å². The minimum Gasteiger partial charge on any atom is -0.319 e. The summed E-state index contributed by atoms with van der Waals surface area (Å²) < 4.78 is 0. The van der Waals surface area contributed by atoms with Crippen molar-refractivity contribution < 1.29 is 4.79 Å². The minimum atomic E-state index is -0.691. The zero-order valence-electron chi connectivity index (χ0n) is 7.40. The zero-order valence-corrected chi connectivity index (χ0v) is 7.40. The van der Waals surface area contributed by atoms with E-state index < -0.39 is 5.54 Å². The van der Waals surface area contributed by atoms with Gasteiger partial charge in [-0.05, 0) is 20.3 Å². The summed E-state index contributed by atoms with van der Waals surface area (Å²) in [4.78, 5) is 11.2. The van der Waals surface area contributed by atoms with Crippen molar-refractivity contribution >= 4 is 5.78 Å². The van der Waals surface area contributed by atoms with Gasteiger partial charge in [-0.1, -0.05) is 12.8 Å². The van der Waals surface area contributed by atoms with Gasteiger partial charge in [0.15, 0.2) is 5.78 Å². The highest BCUT2D eigenvalue weighted by Gasteiger charge is 2.24. The van der Waals surface area contributed by atoms with Crippen molar-refractivity contribution in [3.63, 3.8) is 0 Å². The minimum absolute atomic E-state index is 0.0225. The molecule has 1 unspecified atom stereocenters. The molecule has 0 spiro atoms. The Hall–Kier alpha value is -0.810. The van der Waals surface area contributed by atoms with Gasteiger partial charge in [0, 0.05) is 0 Å². The third kappa shape index (κ3) is 3.20. The molecule has 0 amide bonds. The van der Waals surface area contributed by atoms with Gasteiger partial charge in [-0.25, -0.2) is 0 Å². The summed E-state index contributed by atoms with van der Waals surface area (Å²) in [5.74, 6) is 5.40. The molecule has 0 radical (unpaired) electrons. The van der Waals surface area contributed by atoms with Gasteiger partial charge in [-0.3, -0.25) is 4.79 Å². The van der Waals surface area contributed by atoms with Crippen LogP contribution in [0.3, 0.4) is 0 Å². The highest BCUT2D eigenvalue weighted by atomic mass is 16.1. The van der Waals surface area contributed by atoms with Crippen molar-refractivity contribution in [1.82, 2.24) is 0 Å². The van der Waals surface area contributed by atoms with Gasteiger partial charge in [0.25, 0.3) is 0 Å². The smallest absolute Gasteiger partial charge is 0.164 e. The SMILES string of the molecule is CC#CCC(=O)C(C)(N)CC. The largest absolute Gasteiger partial charge is 0.319 e. The van der Waals surface area contributed by atoms with Crippen LogP contribution in [0.15, 0.2) is 0 Å². The van der Waals surface area contributed by atoms with E-state index in [4.69, 9.17) is 5.73 Å². The number of ketones is 1. The van der Waals surface area contributed by atoms with E-state index in [-0.39, 0.29) is 12.2 Å². The van der Waals surface area contributed by atoms with Crippen molar-refractivity contribution in [2.24, 2.45) is 5.73 Å². The summed E-state index contributed by atoms with van der Waals surface area (Å²) >= 11 is 0. The highest BCUT2D eigenvalue weighted by molar-refractivity contribution is 5.89. The Labute approximate surface area is 68.2 Å². The van der Waals surface area contributed by atoms with Gasteiger partial charge in [0.05, 0.1) is 12.0 Å². The van der Waals surface area contributed by atoms with Gasteiger partial charge < -0.3 is 5.73 Å². The number of carbonyl (C=O) groups is 1. The maximum Gasteiger partial charge on any atom is 0.164 e. The molecule has 2 heteroatoms. The molecular weight excluding hydrogens is 138 g/mol. The summed E-state index contributed by atoms with van der Waals surface area (Å²) in [6, 6.07) is 0. The molecule has 0 heterocycles. The van der Waals surface area contributed by atoms with Crippen LogP contribution >= 0.6 is 0 Å². The van der Waals surface area contributed by atoms with Crippen molar-refractivity contribution in [3.8, 4) is 11.8 Å². The van der Waals surface area contributed by atoms with E-state index in [1.165, 1.54) is 0 Å². The van der Waals surface area contributed by atoms with Crippen molar-refractivity contribution in [2.75, 3.05) is 0 Å². The third-order valence-corrected chi connectivity index (χ3v) is 1.80. The van der Waals surface area contributed by atoms with E-state index in [2.05, 4.69) is 11.8 Å². The van der Waals surface area contributed by atoms with Gasteiger partial charge >= 0.3 is 0 Å². The standard InChI is InChI=1S/C9H15NO/c1-4-6-7-8(11)9(3,10)5-2/h5,7,10H2,1-3H3. The van der Waals surface area contributed by atoms with Crippen LogP contribution in [-0.4, -0.2) is 11.3 Å². The normalized spacial score (nSPS) is 14.5. The first kappa shape index (κ1) is 10.2. The van der Waals surface area contributed by atoms with Crippen molar-refractivity contribution in [2.45, 2.75) is 39.2 Å². The molecule has 0 bridgehead atoms. The van der Waals surface area contributed by atoms with E-state index in [9.17, 15) is 4.79 Å². The predicted octanol–water partition coefficient (Wildman–Crippen LogP) is 1.10. The van der Waals surface area contributed by atoms with E-state index in [1.54, 1.807) is 13.8 Å². The first-order valence-electron chi connectivity index (χ1n) is 3.76. The molecule has 2 N–H and O–H groups in total. The average molecular weight is 153 g/mol. The molecule has 0 aliphatic heterocycles. The van der Waals surface area contributed by atoms with Crippen LogP contribution < -0.4 is 5.73 Å². The molecule has 0 aliphatic rings. The molecular formula is C9H15NO. The van der Waals surface area contributed by atoms with Gasteiger partial charge in [0.2, 0.25) is 0 Å². The fraction of sp³-hybridized carbons (Fsp3) is 0.667. The van der Waals surface area contributed by atoms with Crippen molar-refractivity contribution in [1.29, 1.82) is 0 Å². The van der Waals surface area contributed by atoms with E-state index in [0.29, 0.717) is 6.42 Å². The number of Topliss-reactive ketones (excluding diaryl/α,β-unsaturated/α-hetero) is 1. The lowest BCUT2D eigenvalue weighted by Gasteiger charge is -2.19. The molecule has 2 nitrogen and oxygen atoms in total. The number of hydrogen-bond acceptors (Lipinski definition) is 2. The first-order valence-corrected chi connectivity index (χ1v) is 3.76. The second kappa shape index (κ2) is 4.15. The molecule has 62 valence electrons. The van der Waals surface area contributed by atoms with E-state index in [1.807, 2.05) is 6.92 Å². The first-order chi connectivity index (χ1) is 5.04. The van der Waals surface area contributed by atoms with Gasteiger partial charge in [0.1, 0.15) is 0 Å². The third-order valence-electron chi connectivity index (χ3n) is 1.80. The Bertz CT molecular complexity index is 195. The maximum absolute atomic E-state index is 11.2. The summed E-state index contributed by atoms with van der Waals surface area (Å²) in [6.45, 7) is 5.36. The average Bonchev–Trinajstić information content (AvgIpc) is 2.00. The quantitative estimate of drug-likeness (QED) is 0.617. The fourth-order valence-electron chi connectivity index (χ4n) is 0.568. The molecule has 0 aliphatic carbocycles. The molecule has 0 aromatic carbocycles. The second-order valence-electron chi connectivity index (χ2n) is 2.80. The fourth-order valence-corrected chi connectivity index (χ4v) is 0.568. The molecule has 0 aromatic heterocycles. The summed E-state index contributed by atoms with van der Waals surface area (Å²) in [5.41, 5.74) is 4.99. The molecule has 1 atom stereocenters. The lowest BCUT2D eigenvalue weighted by Crippen LogP contribution is -2.43. The summed E-state index contributed by atoms with van der Waals surface area (Å²) in [7, 11) is 0. The number of hydrogen-bond donors (Lipinski definition) is 1. The molecule has 11 heavy (non-hydrogen) atoms. The lowest BCUT2D eigenvalue weighted by molar-refractivity contribution is -0.122. The van der Waals surface area contributed by atoms with Crippen LogP contribution in [0.25, 0.3) is 0 Å². The maximum atomic E-state index is 11.2. The van der Waals surface area contributed by atoms with E-state index in [0.717, 1.165) is 0 Å². The monoisotopic (exact) mass is 153 g/mol. The van der Waals surface area contributed by atoms with Crippen LogP contribution in [0.4, 0.5) is 0 Å². The molecule has 0 fully saturated rings. The highest BCUT2D eigenvalue weighted by Crippen LogP contribution is 2.07. The Morgan fingerprint density at radius 1 is 1.64 bits per heavy atom. The molecule has 0 rings (SSSR count). The topological polar surface area (TPSA) is 43.1 Å². The Morgan fingerprint density at radius 3 is 2.55 bits per heavy atom. The molecule has 0 saturated heterocycles. The Morgan fingerprint density at radius 2 is 2.18 bits per heavy atom. The lowest BCUT2D eigenvalue weighted by atomic mass is 9.93. The number of rotatable bonds is 3. The van der Waals surface area contributed by atoms with Crippen LogP contribution in [-0.2, 0) is 4.79 Å². The van der Waals surface area contributed by atoms with Crippen LogP contribution in [0, 0.1) is 11.8 Å². The summed E-state index contributed by atoms with van der Waals surface area (Å²) in [6.07, 6.45) is 0.939. The van der Waals surface area contributed by atoms with Gasteiger partial charge in [-0.2, -0.15) is 0 Å². The summed E-state index contributed by atoms with van der Waals surface area (Å²) in [5, 5.41) is 0. The zero-order chi connectivity index (χ0) is 8.91. The molecule has 0 aromatic rings. The van der Waals surface area contributed by atoms with E-state index >= 15 is 0 Å². The Kier molecular flexibility index (Phi) is 3.84. The van der Waals surface area contributed by atoms with Crippen LogP contribution in [0.1, 0.15) is 33.6 Å². The number of carbonyl (C=O) groups excluding carboxylic acids is 1. The Balaban J connectivity index is 4.09. The van der Waals surface area contributed by atoms with Gasteiger partial charge in [-0.15, -0.1) is 5.92 Å². The number of nitrogens with two attached hydrogens (primary N) is 1. The second-order valence-corrected chi connectivity index (χ2v) is 2.80. The van der Waals surface area contributed by atoms with Crippen LogP contribution in [0.5, 0.6) is 0 Å².